The van der Waals surface area contributed by atoms with Crippen LogP contribution in [0, 0.1) is 6.92 Å². The molecular formula is C11H11N3O5. The zero-order valence-corrected chi connectivity index (χ0v) is 10.2. The number of carbonyl (C=O) groups excluding carboxylic acids is 1. The van der Waals surface area contributed by atoms with Crippen LogP contribution in [0.2, 0.25) is 0 Å². The number of rotatable bonds is 3. The summed E-state index contributed by atoms with van der Waals surface area (Å²) in [7, 11) is 0. The first kappa shape index (κ1) is 12.8. The Bertz CT molecular complexity index is 715. The minimum atomic E-state index is -1.18. The lowest BCUT2D eigenvalue weighted by atomic mass is 10.1. The summed E-state index contributed by atoms with van der Waals surface area (Å²) in [6.45, 7) is 2.82. The van der Waals surface area contributed by atoms with E-state index in [9.17, 15) is 14.4 Å². The predicted octanol–water partition coefficient (Wildman–Crippen LogP) is 0.0274. The van der Waals surface area contributed by atoms with Gasteiger partial charge in [-0.05, 0) is 13.8 Å². The first-order valence-corrected chi connectivity index (χ1v) is 5.42. The van der Waals surface area contributed by atoms with Gasteiger partial charge < -0.3 is 19.8 Å². The number of aromatic amines is 1. The Morgan fingerprint density at radius 1 is 1.53 bits per heavy atom. The van der Waals surface area contributed by atoms with E-state index in [-0.39, 0.29) is 22.4 Å². The number of furan rings is 1. The van der Waals surface area contributed by atoms with Gasteiger partial charge in [0.25, 0.3) is 11.5 Å². The van der Waals surface area contributed by atoms with Gasteiger partial charge in [-0.15, -0.1) is 0 Å². The Hall–Kier alpha value is -2.64. The van der Waals surface area contributed by atoms with E-state index >= 15 is 0 Å². The molecule has 0 saturated carbocycles. The molecule has 2 rings (SSSR count). The number of amides is 1. The highest BCUT2D eigenvalue weighted by atomic mass is 16.4. The highest BCUT2D eigenvalue weighted by Gasteiger charge is 2.24. The zero-order valence-electron chi connectivity index (χ0n) is 10.2. The van der Waals surface area contributed by atoms with Crippen molar-refractivity contribution in [2.75, 3.05) is 0 Å². The van der Waals surface area contributed by atoms with Gasteiger partial charge in [0.15, 0.2) is 0 Å². The molecule has 0 unspecified atom stereocenters. The second kappa shape index (κ2) is 4.56. The number of nitrogens with one attached hydrogen (secondary N) is 2. The first-order chi connectivity index (χ1) is 8.91. The molecule has 0 bridgehead atoms. The summed E-state index contributed by atoms with van der Waals surface area (Å²) in [5.41, 5.74) is -0.484. The molecule has 3 N–H and O–H groups in total. The van der Waals surface area contributed by atoms with Crippen LogP contribution in [0.1, 0.15) is 23.0 Å². The molecule has 0 aliphatic carbocycles. The van der Waals surface area contributed by atoms with E-state index in [0.29, 0.717) is 0 Å². The van der Waals surface area contributed by atoms with Crippen LogP contribution >= 0.6 is 0 Å². The molecule has 2 aromatic rings. The lowest BCUT2D eigenvalue weighted by molar-refractivity contribution is -0.138. The zero-order chi connectivity index (χ0) is 14.2. The normalized spacial score (nSPS) is 12.3. The Balaban J connectivity index is 2.51. The lowest BCUT2D eigenvalue weighted by Gasteiger charge is -2.08. The molecule has 0 aliphatic rings. The van der Waals surface area contributed by atoms with Crippen LogP contribution in [0.3, 0.4) is 0 Å². The van der Waals surface area contributed by atoms with Crippen LogP contribution in [0.4, 0.5) is 0 Å². The van der Waals surface area contributed by atoms with Gasteiger partial charge in [-0.3, -0.25) is 14.4 Å². The third kappa shape index (κ3) is 2.19. The fraction of sp³-hybridized carbons (Fsp3) is 0.273. The molecule has 0 spiro atoms. The van der Waals surface area contributed by atoms with E-state index in [4.69, 9.17) is 9.52 Å². The second-order valence-electron chi connectivity index (χ2n) is 3.98. The van der Waals surface area contributed by atoms with Crippen LogP contribution < -0.4 is 10.9 Å². The maximum atomic E-state index is 12.0. The van der Waals surface area contributed by atoms with Gasteiger partial charge in [0.2, 0.25) is 5.71 Å². The van der Waals surface area contributed by atoms with E-state index in [1.807, 2.05) is 0 Å². The van der Waals surface area contributed by atoms with Gasteiger partial charge in [0, 0.05) is 0 Å². The Kier molecular flexibility index (Phi) is 3.07. The summed E-state index contributed by atoms with van der Waals surface area (Å²) in [5.74, 6) is -1.66. The van der Waals surface area contributed by atoms with Crippen molar-refractivity contribution in [2.45, 2.75) is 19.9 Å². The molecule has 2 aromatic heterocycles. The maximum Gasteiger partial charge on any atom is 0.325 e. The van der Waals surface area contributed by atoms with Crippen molar-refractivity contribution < 1.29 is 19.1 Å². The average Bonchev–Trinajstić information content (AvgIpc) is 2.66. The number of aromatic nitrogens is 2. The molecule has 2 heterocycles. The highest BCUT2D eigenvalue weighted by molar-refractivity contribution is 6.07. The summed E-state index contributed by atoms with van der Waals surface area (Å²) in [6, 6.07) is -1.08. The molecule has 19 heavy (non-hydrogen) atoms. The van der Waals surface area contributed by atoms with E-state index in [1.54, 1.807) is 0 Å². The number of aliphatic carboxylic acids is 1. The quantitative estimate of drug-likeness (QED) is 0.718. The third-order valence-electron chi connectivity index (χ3n) is 2.62. The number of carboxylic acid groups (broad SMARTS) is 1. The van der Waals surface area contributed by atoms with Crippen LogP contribution in [0.5, 0.6) is 0 Å². The molecular weight excluding hydrogens is 254 g/mol. The summed E-state index contributed by atoms with van der Waals surface area (Å²) < 4.78 is 5.20. The minimum Gasteiger partial charge on any atom is -0.480 e. The van der Waals surface area contributed by atoms with Crippen molar-refractivity contribution in [3.63, 3.8) is 0 Å². The van der Waals surface area contributed by atoms with Gasteiger partial charge in [0.1, 0.15) is 17.2 Å². The van der Waals surface area contributed by atoms with E-state index in [2.05, 4.69) is 15.3 Å². The Morgan fingerprint density at radius 2 is 2.21 bits per heavy atom. The summed E-state index contributed by atoms with van der Waals surface area (Å²) in [6.07, 6.45) is 1.16. The van der Waals surface area contributed by atoms with Crippen molar-refractivity contribution in [3.05, 3.63) is 28.0 Å². The smallest absolute Gasteiger partial charge is 0.325 e. The number of carboxylic acids is 1. The van der Waals surface area contributed by atoms with Crippen LogP contribution in [-0.2, 0) is 4.79 Å². The monoisotopic (exact) mass is 265 g/mol. The van der Waals surface area contributed by atoms with Gasteiger partial charge in [-0.25, -0.2) is 4.98 Å². The van der Waals surface area contributed by atoms with Gasteiger partial charge in [0.05, 0.1) is 11.9 Å². The molecule has 0 aromatic carbocycles. The molecule has 0 saturated heterocycles. The van der Waals surface area contributed by atoms with Crippen molar-refractivity contribution in [1.29, 1.82) is 0 Å². The molecule has 0 fully saturated rings. The lowest BCUT2D eigenvalue weighted by Crippen LogP contribution is -2.38. The van der Waals surface area contributed by atoms with Crippen molar-refractivity contribution >= 4 is 23.0 Å². The van der Waals surface area contributed by atoms with Crippen LogP contribution in [0.25, 0.3) is 11.1 Å². The number of carbonyl (C=O) groups is 2. The Morgan fingerprint density at radius 3 is 2.84 bits per heavy atom. The van der Waals surface area contributed by atoms with Crippen LogP contribution in [-0.4, -0.2) is 33.0 Å². The van der Waals surface area contributed by atoms with Crippen LogP contribution in [0.15, 0.2) is 15.5 Å². The summed E-state index contributed by atoms with van der Waals surface area (Å²) in [4.78, 5) is 40.5. The predicted molar refractivity (Wildman–Crippen MR) is 63.9 cm³/mol. The molecule has 8 nitrogen and oxygen atoms in total. The molecule has 100 valence electrons. The molecule has 1 amide bonds. The largest absolute Gasteiger partial charge is 0.480 e. The number of H-pyrrole nitrogens is 1. The van der Waals surface area contributed by atoms with Crippen molar-refractivity contribution in [1.82, 2.24) is 15.3 Å². The standard InChI is InChI=1S/C11H11N3O5/c1-4(11(17)18)14-9(16)6-5(2)19-10-7(6)8(15)12-3-13-10/h3-4H,1-2H3,(H,14,16)(H,17,18)(H,12,13,15)/t4-/m1/s1. The summed E-state index contributed by atoms with van der Waals surface area (Å²) in [5, 5.41) is 11.0. The summed E-state index contributed by atoms with van der Waals surface area (Å²) >= 11 is 0. The molecule has 0 radical (unpaired) electrons. The van der Waals surface area contributed by atoms with Gasteiger partial charge >= 0.3 is 5.97 Å². The number of hydrogen-bond donors (Lipinski definition) is 3. The first-order valence-electron chi connectivity index (χ1n) is 5.42. The number of hydrogen-bond acceptors (Lipinski definition) is 5. The minimum absolute atomic E-state index is 0.00236. The maximum absolute atomic E-state index is 12.0. The second-order valence-corrected chi connectivity index (χ2v) is 3.98. The molecule has 8 heteroatoms. The SMILES string of the molecule is Cc1oc2nc[nH]c(=O)c2c1C(=O)N[C@H](C)C(=O)O. The van der Waals surface area contributed by atoms with E-state index < -0.39 is 23.5 Å². The number of fused-ring (bicyclic) bond motifs is 1. The van der Waals surface area contributed by atoms with E-state index in [0.717, 1.165) is 6.33 Å². The average molecular weight is 265 g/mol. The fourth-order valence-corrected chi connectivity index (χ4v) is 1.66. The Labute approximate surface area is 106 Å². The van der Waals surface area contributed by atoms with Crippen molar-refractivity contribution in [3.8, 4) is 0 Å². The number of aryl methyl sites for hydroxylation is 1. The topological polar surface area (TPSA) is 125 Å². The number of nitrogens with zero attached hydrogens (tertiary/aromatic N) is 1. The highest BCUT2D eigenvalue weighted by Crippen LogP contribution is 2.20. The third-order valence-corrected chi connectivity index (χ3v) is 2.62. The van der Waals surface area contributed by atoms with Gasteiger partial charge in [-0.2, -0.15) is 0 Å². The van der Waals surface area contributed by atoms with E-state index in [1.165, 1.54) is 13.8 Å². The van der Waals surface area contributed by atoms with Crippen molar-refractivity contribution in [2.24, 2.45) is 0 Å². The van der Waals surface area contributed by atoms with Gasteiger partial charge in [-0.1, -0.05) is 0 Å². The fourth-order valence-electron chi connectivity index (χ4n) is 1.66. The molecule has 1 atom stereocenters. The molecule has 0 aliphatic heterocycles.